The van der Waals surface area contributed by atoms with E-state index >= 15 is 0 Å². The first kappa shape index (κ1) is 34.9. The van der Waals surface area contributed by atoms with Crippen LogP contribution >= 0.6 is 11.6 Å². The van der Waals surface area contributed by atoms with Crippen LogP contribution in [0, 0.1) is 11.3 Å². The van der Waals surface area contributed by atoms with E-state index in [1.54, 1.807) is 4.90 Å². The number of hydrogen-bond donors (Lipinski definition) is 0. The molecule has 3 saturated heterocycles. The molecule has 4 fully saturated rings. The van der Waals surface area contributed by atoms with Crippen molar-refractivity contribution in [3.63, 3.8) is 0 Å². The molecule has 5 aliphatic rings. The molecule has 2 aromatic heterocycles. The lowest BCUT2D eigenvalue weighted by molar-refractivity contribution is -0.128. The molecule has 12 nitrogen and oxygen atoms in total. The van der Waals surface area contributed by atoms with Crippen LogP contribution in [-0.4, -0.2) is 106 Å². The van der Waals surface area contributed by atoms with Crippen molar-refractivity contribution in [2.75, 3.05) is 55.7 Å². The van der Waals surface area contributed by atoms with Crippen molar-refractivity contribution in [1.29, 1.82) is 5.26 Å². The number of carbonyl (C=O) groups is 1. The van der Waals surface area contributed by atoms with Gasteiger partial charge in [0.25, 0.3) is 5.89 Å². The summed E-state index contributed by atoms with van der Waals surface area (Å²) in [5.41, 5.74) is 2.50. The van der Waals surface area contributed by atoms with Gasteiger partial charge in [-0.2, -0.15) is 20.2 Å². The molecule has 1 aliphatic carbocycles. The monoisotopic (exact) mass is 755 g/mol. The zero-order chi connectivity index (χ0) is 37.0. The quantitative estimate of drug-likeness (QED) is 0.197. The Morgan fingerprint density at radius 2 is 1.94 bits per heavy atom. The van der Waals surface area contributed by atoms with Crippen molar-refractivity contribution in [2.24, 2.45) is 0 Å². The van der Waals surface area contributed by atoms with Crippen LogP contribution < -0.4 is 14.5 Å². The molecule has 1 amide bonds. The molecule has 0 unspecified atom stereocenters. The molecule has 0 radical (unpaired) electrons. The molecule has 0 N–H and O–H groups in total. The van der Waals surface area contributed by atoms with Crippen molar-refractivity contribution in [2.45, 2.75) is 74.9 Å². The average Bonchev–Trinajstić information content (AvgIpc) is 3.44. The van der Waals surface area contributed by atoms with Gasteiger partial charge in [-0.05, 0) is 49.7 Å². The third-order valence-electron chi connectivity index (χ3n) is 11.7. The Morgan fingerprint density at radius 3 is 2.78 bits per heavy atom. The van der Waals surface area contributed by atoms with Gasteiger partial charge in [-0.1, -0.05) is 41.0 Å². The number of rotatable bonds is 9. The zero-order valence-corrected chi connectivity index (χ0v) is 30.5. The molecular weight excluding hydrogens is 716 g/mol. The van der Waals surface area contributed by atoms with Gasteiger partial charge in [0.15, 0.2) is 5.82 Å². The maximum atomic E-state index is 14.6. The van der Waals surface area contributed by atoms with Gasteiger partial charge >= 0.3 is 6.01 Å². The maximum Gasteiger partial charge on any atom is 0.318 e. The third kappa shape index (κ3) is 6.51. The van der Waals surface area contributed by atoms with Crippen LogP contribution in [0.2, 0.25) is 5.02 Å². The van der Waals surface area contributed by atoms with Crippen molar-refractivity contribution in [3.8, 4) is 12.1 Å². The van der Waals surface area contributed by atoms with Crippen molar-refractivity contribution in [3.05, 3.63) is 70.5 Å². The molecule has 0 bridgehead atoms. The van der Waals surface area contributed by atoms with E-state index < -0.39 is 18.4 Å². The second kappa shape index (κ2) is 14.1. The lowest BCUT2D eigenvalue weighted by atomic mass is 9.95. The number of anilines is 2. The number of nitriles is 1. The molecular formula is C39H40ClF2N9O3. The lowest BCUT2D eigenvalue weighted by Crippen LogP contribution is -2.55. The molecule has 5 atom stereocenters. The molecule has 0 spiro atoms. The number of piperazine rings is 1. The highest BCUT2D eigenvalue weighted by molar-refractivity contribution is 6.36. The minimum Gasteiger partial charge on any atom is -0.461 e. The number of alkyl halides is 2. The highest BCUT2D eigenvalue weighted by Crippen LogP contribution is 2.43. The number of aromatic nitrogens is 4. The number of hydrogen-bond acceptors (Lipinski definition) is 11. The van der Waals surface area contributed by atoms with Crippen molar-refractivity contribution in [1.82, 2.24) is 29.9 Å². The highest BCUT2D eigenvalue weighted by atomic mass is 35.5. The summed E-state index contributed by atoms with van der Waals surface area (Å²) < 4.78 is 39.7. The summed E-state index contributed by atoms with van der Waals surface area (Å²) in [5.74, 6) is 0.538. The predicted octanol–water partition coefficient (Wildman–Crippen LogP) is 5.65. The molecule has 54 heavy (non-hydrogen) atoms. The Hall–Kier alpha value is -4.87. The van der Waals surface area contributed by atoms with Gasteiger partial charge in [0.05, 0.1) is 47.3 Å². The first-order valence-electron chi connectivity index (χ1n) is 18.7. The fourth-order valence-electron chi connectivity index (χ4n) is 8.86. The molecule has 6 heterocycles. The van der Waals surface area contributed by atoms with Crippen molar-refractivity contribution < 1.29 is 22.8 Å². The van der Waals surface area contributed by atoms with E-state index in [4.69, 9.17) is 30.8 Å². The average molecular weight is 756 g/mol. The fraction of sp³-hybridized carbons (Fsp3) is 0.487. The van der Waals surface area contributed by atoms with Gasteiger partial charge < -0.3 is 24.0 Å². The zero-order valence-electron chi connectivity index (χ0n) is 29.7. The van der Waals surface area contributed by atoms with Crippen LogP contribution in [0.15, 0.2) is 47.0 Å². The highest BCUT2D eigenvalue weighted by Gasteiger charge is 2.49. The summed E-state index contributed by atoms with van der Waals surface area (Å²) in [6, 6.07) is 14.2. The number of carbonyl (C=O) groups excluding carboxylic acids is 1. The molecule has 1 saturated carbocycles. The molecule has 4 aromatic rings. The van der Waals surface area contributed by atoms with Gasteiger partial charge in [0, 0.05) is 67.9 Å². The van der Waals surface area contributed by atoms with Crippen molar-refractivity contribution >= 4 is 45.9 Å². The van der Waals surface area contributed by atoms with E-state index in [1.165, 1.54) is 12.2 Å². The largest absolute Gasteiger partial charge is 0.461 e. The number of fused-ring (bicyclic) bond motifs is 3. The van der Waals surface area contributed by atoms with Crippen LogP contribution in [0.3, 0.4) is 0 Å². The van der Waals surface area contributed by atoms with E-state index in [1.807, 2.05) is 18.2 Å². The molecule has 4 aliphatic heterocycles. The van der Waals surface area contributed by atoms with Crippen LogP contribution in [-0.2, 0) is 17.8 Å². The molecule has 2 aromatic carbocycles. The Bertz CT molecular complexity index is 2160. The van der Waals surface area contributed by atoms with Crippen LogP contribution in [0.5, 0.6) is 6.01 Å². The van der Waals surface area contributed by atoms with E-state index in [-0.39, 0.29) is 35.7 Å². The Kier molecular flexibility index (Phi) is 9.09. The van der Waals surface area contributed by atoms with E-state index in [0.29, 0.717) is 76.0 Å². The van der Waals surface area contributed by atoms with Gasteiger partial charge in [-0.3, -0.25) is 9.69 Å². The smallest absolute Gasteiger partial charge is 0.318 e. The van der Waals surface area contributed by atoms with Gasteiger partial charge in [0.1, 0.15) is 24.8 Å². The minimum absolute atomic E-state index is 0.120. The van der Waals surface area contributed by atoms with Gasteiger partial charge in [0.2, 0.25) is 5.91 Å². The summed E-state index contributed by atoms with van der Waals surface area (Å²) in [6.07, 6.45) is 4.43. The first-order valence-corrected chi connectivity index (χ1v) is 19.1. The summed E-state index contributed by atoms with van der Waals surface area (Å²) in [4.78, 5) is 36.0. The first-order chi connectivity index (χ1) is 26.3. The Morgan fingerprint density at radius 1 is 1.09 bits per heavy atom. The Balaban J connectivity index is 0.992. The summed E-state index contributed by atoms with van der Waals surface area (Å²) >= 11 is 6.75. The maximum absolute atomic E-state index is 14.6. The van der Waals surface area contributed by atoms with Gasteiger partial charge in [-0.25, -0.2) is 8.78 Å². The number of benzene rings is 2. The third-order valence-corrected chi connectivity index (χ3v) is 12.0. The molecule has 280 valence electrons. The SMILES string of the molecule is N#CC[C@H]1CN(c2nc(OC[C@@]34CCCN3C[C@H](F)C4)nc3c2CCN(c2cccc4cccc(Cl)c24)C3)CCN1C(=O)/C=C/c1nc([C@H]2C[C@@H]2F)no1. The van der Waals surface area contributed by atoms with Crippen LogP contribution in [0.25, 0.3) is 16.8 Å². The molecule has 9 rings (SSSR count). The minimum atomic E-state index is -0.955. The number of halogens is 3. The van der Waals surface area contributed by atoms with E-state index in [2.05, 4.69) is 49.1 Å². The Labute approximate surface area is 316 Å². The predicted molar refractivity (Wildman–Crippen MR) is 198 cm³/mol. The van der Waals surface area contributed by atoms with Crippen LogP contribution in [0.1, 0.15) is 61.0 Å². The molecule has 15 heteroatoms. The normalized spacial score (nSPS) is 26.7. The van der Waals surface area contributed by atoms with Gasteiger partial charge in [-0.15, -0.1) is 0 Å². The number of amides is 1. The summed E-state index contributed by atoms with van der Waals surface area (Å²) in [5, 5.41) is 16.4. The topological polar surface area (TPSA) is 128 Å². The van der Waals surface area contributed by atoms with Crippen LogP contribution in [0.4, 0.5) is 20.3 Å². The summed E-state index contributed by atoms with van der Waals surface area (Å²) in [6.45, 7) is 4.00. The second-order valence-corrected chi connectivity index (χ2v) is 15.5. The summed E-state index contributed by atoms with van der Waals surface area (Å²) in [7, 11) is 0. The van der Waals surface area contributed by atoms with E-state index in [9.17, 15) is 18.8 Å². The lowest BCUT2D eigenvalue weighted by Gasteiger charge is -2.42. The fourth-order valence-corrected chi connectivity index (χ4v) is 9.14. The number of ether oxygens (including phenoxy) is 1. The number of nitrogens with zero attached hydrogens (tertiary/aromatic N) is 9. The second-order valence-electron chi connectivity index (χ2n) is 15.1. The standard InChI is InChI=1S/C39H40ClF2N9O3/c40-29-6-1-4-24-5-2-7-32(35(24)29)48-15-11-27-31(22-48)44-38(53-23-39-12-3-14-50(39)20-25(41)19-39)46-37(27)49-16-17-51(26(21-49)10-13-43)34(52)9-8-33-45-36(47-54-33)28-18-30(28)42/h1-2,4-9,25-26,28,30H,3,10-12,14-23H2/b9-8+/t25-,26+,28+,30+,39+/m1/s1. The van der Waals surface area contributed by atoms with E-state index in [0.717, 1.165) is 52.9 Å².